The highest BCUT2D eigenvalue weighted by atomic mass is 32.2. The maximum absolute atomic E-state index is 8.65. The van der Waals surface area contributed by atoms with Crippen molar-refractivity contribution in [3.63, 3.8) is 0 Å². The Labute approximate surface area is 95.5 Å². The third-order valence-electron chi connectivity index (χ3n) is 1.87. The summed E-state index contributed by atoms with van der Waals surface area (Å²) in [6.45, 7) is 0.182. The number of nitrogen functional groups attached to an aromatic ring is 1. The van der Waals surface area contributed by atoms with E-state index < -0.39 is 0 Å². The van der Waals surface area contributed by atoms with Crippen molar-refractivity contribution in [1.82, 2.24) is 9.97 Å². The topological polar surface area (TPSA) is 72.0 Å². The fourth-order valence-corrected chi connectivity index (χ4v) is 2.59. The van der Waals surface area contributed by atoms with Gasteiger partial charge in [-0.2, -0.15) is 11.8 Å². The number of nitrogens with two attached hydrogens (primary N) is 1. The van der Waals surface area contributed by atoms with Crippen molar-refractivity contribution in [2.24, 2.45) is 0 Å². The molecule has 0 unspecified atom stereocenters. The van der Waals surface area contributed by atoms with E-state index in [1.54, 1.807) is 23.1 Å². The molecule has 0 saturated heterocycles. The number of thioether (sulfide) groups is 1. The lowest BCUT2D eigenvalue weighted by molar-refractivity contribution is 0.322. The van der Waals surface area contributed by atoms with Crippen molar-refractivity contribution < 1.29 is 5.11 Å². The van der Waals surface area contributed by atoms with Crippen molar-refractivity contribution >= 4 is 39.1 Å². The molecule has 6 heteroatoms. The van der Waals surface area contributed by atoms with Crippen LogP contribution in [-0.2, 0) is 5.75 Å². The van der Waals surface area contributed by atoms with Crippen molar-refractivity contribution in [1.29, 1.82) is 0 Å². The minimum Gasteiger partial charge on any atom is -0.396 e. The molecule has 0 bridgehead atoms. The van der Waals surface area contributed by atoms with Crippen LogP contribution in [-0.4, -0.2) is 27.4 Å². The summed E-state index contributed by atoms with van der Waals surface area (Å²) in [5.74, 6) is 2.67. The van der Waals surface area contributed by atoms with Crippen molar-refractivity contribution in [3.8, 4) is 0 Å². The van der Waals surface area contributed by atoms with Crippen LogP contribution in [0.1, 0.15) is 5.82 Å². The highest BCUT2D eigenvalue weighted by Gasteiger charge is 2.05. The summed E-state index contributed by atoms with van der Waals surface area (Å²) in [5, 5.41) is 11.5. The van der Waals surface area contributed by atoms with Gasteiger partial charge in [0.2, 0.25) is 0 Å². The zero-order chi connectivity index (χ0) is 10.7. The second kappa shape index (κ2) is 4.78. The Hall–Kier alpha value is -0.850. The third-order valence-corrected chi connectivity index (χ3v) is 3.61. The van der Waals surface area contributed by atoms with Gasteiger partial charge in [-0.3, -0.25) is 0 Å². The summed E-state index contributed by atoms with van der Waals surface area (Å²) in [7, 11) is 0. The van der Waals surface area contributed by atoms with Gasteiger partial charge in [-0.05, 0) is 11.4 Å². The molecule has 2 aromatic rings. The molecule has 0 saturated carbocycles. The van der Waals surface area contributed by atoms with E-state index in [1.807, 2.05) is 11.4 Å². The molecule has 4 nitrogen and oxygen atoms in total. The van der Waals surface area contributed by atoms with Crippen LogP contribution in [0.4, 0.5) is 5.82 Å². The molecule has 15 heavy (non-hydrogen) atoms. The lowest BCUT2D eigenvalue weighted by atomic mass is 10.4. The van der Waals surface area contributed by atoms with Crippen LogP contribution in [0.2, 0.25) is 0 Å². The van der Waals surface area contributed by atoms with Crippen molar-refractivity contribution in [2.45, 2.75) is 5.75 Å². The molecule has 80 valence electrons. The fourth-order valence-electron chi connectivity index (χ4n) is 1.22. The molecular formula is C9H11N3OS2. The van der Waals surface area contributed by atoms with Crippen LogP contribution < -0.4 is 5.73 Å². The molecule has 0 fully saturated rings. The average molecular weight is 241 g/mol. The molecule has 0 aliphatic rings. The first-order valence-electron chi connectivity index (χ1n) is 4.49. The lowest BCUT2D eigenvalue weighted by Gasteiger charge is -2.01. The van der Waals surface area contributed by atoms with Crippen molar-refractivity contribution in [2.75, 3.05) is 18.1 Å². The second-order valence-electron chi connectivity index (χ2n) is 2.94. The van der Waals surface area contributed by atoms with E-state index in [-0.39, 0.29) is 6.61 Å². The fraction of sp³-hybridized carbons (Fsp3) is 0.333. The van der Waals surface area contributed by atoms with Crippen LogP contribution >= 0.6 is 23.1 Å². The lowest BCUT2D eigenvalue weighted by Crippen LogP contribution is -1.99. The van der Waals surface area contributed by atoms with Crippen LogP contribution in [0.25, 0.3) is 10.2 Å². The molecular weight excluding hydrogens is 230 g/mol. The van der Waals surface area contributed by atoms with Gasteiger partial charge in [0, 0.05) is 5.75 Å². The first-order valence-corrected chi connectivity index (χ1v) is 6.53. The van der Waals surface area contributed by atoms with E-state index in [0.29, 0.717) is 17.3 Å². The maximum atomic E-state index is 8.65. The highest BCUT2D eigenvalue weighted by Crippen LogP contribution is 2.23. The molecule has 2 heterocycles. The zero-order valence-corrected chi connectivity index (χ0v) is 9.64. The normalized spacial score (nSPS) is 11.0. The summed E-state index contributed by atoms with van der Waals surface area (Å²) in [4.78, 5) is 9.54. The number of fused-ring (bicyclic) bond motifs is 1. The first-order chi connectivity index (χ1) is 7.31. The Kier molecular flexibility index (Phi) is 3.40. The number of aliphatic hydroxyl groups is 1. The zero-order valence-electron chi connectivity index (χ0n) is 8.01. The minimum atomic E-state index is 0.182. The molecule has 0 aromatic carbocycles. The molecule has 0 aliphatic carbocycles. The first kappa shape index (κ1) is 10.7. The Morgan fingerprint density at radius 2 is 2.33 bits per heavy atom. The molecule has 0 radical (unpaired) electrons. The number of anilines is 1. The Balaban J connectivity index is 2.21. The van der Waals surface area contributed by atoms with E-state index in [9.17, 15) is 0 Å². The Morgan fingerprint density at radius 1 is 1.47 bits per heavy atom. The Bertz CT molecular complexity index is 458. The third kappa shape index (κ3) is 2.39. The SMILES string of the molecule is Nc1nc(CSCCO)nc2sccc12. The van der Waals surface area contributed by atoms with Crippen LogP contribution in [0.3, 0.4) is 0 Å². The average Bonchev–Trinajstić information content (AvgIpc) is 2.66. The van der Waals surface area contributed by atoms with Gasteiger partial charge >= 0.3 is 0 Å². The van der Waals surface area contributed by atoms with Crippen LogP contribution in [0, 0.1) is 0 Å². The number of nitrogens with zero attached hydrogens (tertiary/aromatic N) is 2. The van der Waals surface area contributed by atoms with Gasteiger partial charge in [-0.15, -0.1) is 11.3 Å². The number of hydrogen-bond donors (Lipinski definition) is 2. The van der Waals surface area contributed by atoms with Gasteiger partial charge in [-0.25, -0.2) is 9.97 Å². The summed E-state index contributed by atoms with van der Waals surface area (Å²) in [6.07, 6.45) is 0. The molecule has 0 spiro atoms. The maximum Gasteiger partial charge on any atom is 0.142 e. The minimum absolute atomic E-state index is 0.182. The van der Waals surface area contributed by atoms with E-state index >= 15 is 0 Å². The molecule has 0 amide bonds. The van der Waals surface area contributed by atoms with E-state index in [2.05, 4.69) is 9.97 Å². The number of aromatic nitrogens is 2. The summed E-state index contributed by atoms with van der Waals surface area (Å²) in [5.41, 5.74) is 5.80. The van der Waals surface area contributed by atoms with Gasteiger partial charge in [0.15, 0.2) is 0 Å². The number of thiophene rings is 1. The summed E-state index contributed by atoms with van der Waals surface area (Å²) >= 11 is 3.17. The standard InChI is InChI=1S/C9H11N3OS2/c10-8-6-1-3-15-9(6)12-7(11-8)5-14-4-2-13/h1,3,13H,2,4-5H2,(H2,10,11,12). The molecule has 2 aromatic heterocycles. The molecule has 2 rings (SSSR count). The van der Waals surface area contributed by atoms with Gasteiger partial charge in [0.05, 0.1) is 17.7 Å². The molecule has 0 aliphatic heterocycles. The van der Waals surface area contributed by atoms with Gasteiger partial charge in [-0.1, -0.05) is 0 Å². The van der Waals surface area contributed by atoms with E-state index in [0.717, 1.165) is 16.0 Å². The van der Waals surface area contributed by atoms with Gasteiger partial charge < -0.3 is 10.8 Å². The Morgan fingerprint density at radius 3 is 3.13 bits per heavy atom. The monoisotopic (exact) mass is 241 g/mol. The van der Waals surface area contributed by atoms with E-state index in [1.165, 1.54) is 0 Å². The quantitative estimate of drug-likeness (QED) is 0.794. The smallest absolute Gasteiger partial charge is 0.142 e. The van der Waals surface area contributed by atoms with E-state index in [4.69, 9.17) is 10.8 Å². The van der Waals surface area contributed by atoms with Gasteiger partial charge in [0.1, 0.15) is 16.5 Å². The molecule has 3 N–H and O–H groups in total. The second-order valence-corrected chi connectivity index (χ2v) is 4.94. The van der Waals surface area contributed by atoms with Crippen LogP contribution in [0.15, 0.2) is 11.4 Å². The van der Waals surface area contributed by atoms with Crippen LogP contribution in [0.5, 0.6) is 0 Å². The molecule has 0 atom stereocenters. The summed E-state index contributed by atoms with van der Waals surface area (Å²) in [6, 6.07) is 1.93. The number of rotatable bonds is 4. The number of hydrogen-bond acceptors (Lipinski definition) is 6. The highest BCUT2D eigenvalue weighted by molar-refractivity contribution is 7.98. The van der Waals surface area contributed by atoms with Gasteiger partial charge in [0.25, 0.3) is 0 Å². The largest absolute Gasteiger partial charge is 0.396 e. The number of aliphatic hydroxyl groups excluding tert-OH is 1. The summed E-state index contributed by atoms with van der Waals surface area (Å²) < 4.78 is 0. The predicted molar refractivity (Wildman–Crippen MR) is 65.1 cm³/mol. The van der Waals surface area contributed by atoms with Crippen molar-refractivity contribution in [3.05, 3.63) is 17.3 Å². The predicted octanol–water partition coefficient (Wildman–Crippen LogP) is 1.50.